The number of anilines is 1. The van der Waals surface area contributed by atoms with Crippen molar-refractivity contribution in [2.75, 3.05) is 32.1 Å². The lowest BCUT2D eigenvalue weighted by atomic mass is 9.99. The average Bonchev–Trinajstić information content (AvgIpc) is 3.05. The topological polar surface area (TPSA) is 68.6 Å². The number of carbonyl (C=O) groups is 1. The van der Waals surface area contributed by atoms with Crippen LogP contribution in [0.4, 0.5) is 10.5 Å². The lowest BCUT2D eigenvalue weighted by Crippen LogP contribution is -2.43. The molecule has 3 rings (SSSR count). The second-order valence-electron chi connectivity index (χ2n) is 6.27. The van der Waals surface area contributed by atoms with Crippen molar-refractivity contribution in [2.45, 2.75) is 12.8 Å². The fraction of sp³-hybridized carbons (Fsp3) is 0.444. The number of likely N-dealkylation sites (tertiary alicyclic amines) is 1. The molecule has 0 radical (unpaired) electrons. The molecule has 0 aliphatic carbocycles. The van der Waals surface area contributed by atoms with Crippen LogP contribution >= 0.6 is 0 Å². The zero-order valence-electron chi connectivity index (χ0n) is 14.6. The van der Waals surface area contributed by atoms with Crippen LogP contribution in [0, 0.1) is 5.92 Å². The molecule has 7 heteroatoms. The van der Waals surface area contributed by atoms with Gasteiger partial charge < -0.3 is 19.7 Å². The SMILES string of the molecule is COc1ccc(OCC2CCCN(C(=O)Nc3cnn(C)c3)C2)cc1. The van der Waals surface area contributed by atoms with Gasteiger partial charge in [0.15, 0.2) is 0 Å². The van der Waals surface area contributed by atoms with Gasteiger partial charge in [-0.3, -0.25) is 4.68 Å². The highest BCUT2D eigenvalue weighted by molar-refractivity contribution is 5.89. The van der Waals surface area contributed by atoms with Crippen molar-refractivity contribution < 1.29 is 14.3 Å². The summed E-state index contributed by atoms with van der Waals surface area (Å²) in [6.45, 7) is 2.07. The molecule has 1 aliphatic heterocycles. The number of nitrogens with zero attached hydrogens (tertiary/aromatic N) is 3. The second-order valence-corrected chi connectivity index (χ2v) is 6.27. The Morgan fingerprint density at radius 3 is 2.76 bits per heavy atom. The van der Waals surface area contributed by atoms with E-state index in [9.17, 15) is 4.79 Å². The Morgan fingerprint density at radius 2 is 2.08 bits per heavy atom. The number of ether oxygens (including phenoxy) is 2. The van der Waals surface area contributed by atoms with Crippen molar-refractivity contribution in [3.8, 4) is 11.5 Å². The molecule has 7 nitrogen and oxygen atoms in total. The molecular weight excluding hydrogens is 320 g/mol. The Labute approximate surface area is 147 Å². The normalized spacial score (nSPS) is 17.2. The van der Waals surface area contributed by atoms with Crippen molar-refractivity contribution in [2.24, 2.45) is 13.0 Å². The Balaban J connectivity index is 1.49. The Hall–Kier alpha value is -2.70. The van der Waals surface area contributed by atoms with Gasteiger partial charge in [0.2, 0.25) is 0 Å². The molecule has 2 heterocycles. The van der Waals surface area contributed by atoms with E-state index >= 15 is 0 Å². The van der Waals surface area contributed by atoms with Crippen LogP contribution < -0.4 is 14.8 Å². The highest BCUT2D eigenvalue weighted by Crippen LogP contribution is 2.21. The molecule has 1 fully saturated rings. The third kappa shape index (κ3) is 4.65. The number of methoxy groups -OCH3 is 1. The van der Waals surface area contributed by atoms with Gasteiger partial charge in [-0.1, -0.05) is 0 Å². The van der Waals surface area contributed by atoms with Gasteiger partial charge in [-0.05, 0) is 37.1 Å². The molecule has 0 saturated carbocycles. The number of amides is 2. The van der Waals surface area contributed by atoms with E-state index < -0.39 is 0 Å². The summed E-state index contributed by atoms with van der Waals surface area (Å²) in [7, 11) is 3.46. The molecular formula is C18H24N4O3. The van der Waals surface area contributed by atoms with Crippen LogP contribution in [0.3, 0.4) is 0 Å². The van der Waals surface area contributed by atoms with Crippen molar-refractivity contribution in [3.63, 3.8) is 0 Å². The molecule has 25 heavy (non-hydrogen) atoms. The highest BCUT2D eigenvalue weighted by Gasteiger charge is 2.24. The van der Waals surface area contributed by atoms with Gasteiger partial charge in [-0.2, -0.15) is 5.10 Å². The summed E-state index contributed by atoms with van der Waals surface area (Å²) in [5, 5.41) is 6.95. The van der Waals surface area contributed by atoms with Crippen LogP contribution in [0.2, 0.25) is 0 Å². The van der Waals surface area contributed by atoms with E-state index in [1.165, 1.54) is 0 Å². The Bertz CT molecular complexity index is 699. The molecule has 1 aromatic heterocycles. The van der Waals surface area contributed by atoms with Gasteiger partial charge in [0.25, 0.3) is 0 Å². The van der Waals surface area contributed by atoms with E-state index in [0.717, 1.165) is 30.9 Å². The molecule has 134 valence electrons. The summed E-state index contributed by atoms with van der Waals surface area (Å²) < 4.78 is 12.7. The van der Waals surface area contributed by atoms with Crippen molar-refractivity contribution in [1.82, 2.24) is 14.7 Å². The fourth-order valence-electron chi connectivity index (χ4n) is 2.96. The number of rotatable bonds is 5. The third-order valence-corrected chi connectivity index (χ3v) is 4.31. The minimum absolute atomic E-state index is 0.0813. The van der Waals surface area contributed by atoms with E-state index in [4.69, 9.17) is 9.47 Å². The number of hydrogen-bond acceptors (Lipinski definition) is 4. The quantitative estimate of drug-likeness (QED) is 0.905. The van der Waals surface area contributed by atoms with Crippen LogP contribution in [-0.4, -0.2) is 47.5 Å². The maximum atomic E-state index is 12.4. The van der Waals surface area contributed by atoms with Crippen LogP contribution in [0.15, 0.2) is 36.7 Å². The average molecular weight is 344 g/mol. The van der Waals surface area contributed by atoms with Crippen LogP contribution in [0.1, 0.15) is 12.8 Å². The van der Waals surface area contributed by atoms with Crippen LogP contribution in [0.5, 0.6) is 11.5 Å². The fourth-order valence-corrected chi connectivity index (χ4v) is 2.96. The molecule has 1 aromatic carbocycles. The lowest BCUT2D eigenvalue weighted by molar-refractivity contribution is 0.145. The summed E-state index contributed by atoms with van der Waals surface area (Å²) in [5.41, 5.74) is 0.712. The number of carbonyl (C=O) groups excluding carboxylic acids is 1. The van der Waals surface area contributed by atoms with Gasteiger partial charge in [-0.25, -0.2) is 4.79 Å². The van der Waals surface area contributed by atoms with E-state index in [-0.39, 0.29) is 6.03 Å². The first kappa shape index (κ1) is 17.1. The zero-order valence-corrected chi connectivity index (χ0v) is 14.6. The molecule has 1 atom stereocenters. The largest absolute Gasteiger partial charge is 0.497 e. The van der Waals surface area contributed by atoms with Crippen LogP contribution in [0.25, 0.3) is 0 Å². The van der Waals surface area contributed by atoms with Crippen molar-refractivity contribution in [1.29, 1.82) is 0 Å². The molecule has 1 unspecified atom stereocenters. The molecule has 2 aromatic rings. The summed E-state index contributed by atoms with van der Waals surface area (Å²) in [6.07, 6.45) is 5.47. The van der Waals surface area contributed by atoms with Gasteiger partial charge >= 0.3 is 6.03 Å². The minimum Gasteiger partial charge on any atom is -0.497 e. The van der Waals surface area contributed by atoms with Gasteiger partial charge in [0, 0.05) is 32.3 Å². The third-order valence-electron chi connectivity index (χ3n) is 4.31. The first-order valence-corrected chi connectivity index (χ1v) is 8.45. The molecule has 2 amide bonds. The van der Waals surface area contributed by atoms with E-state index in [0.29, 0.717) is 24.8 Å². The summed E-state index contributed by atoms with van der Waals surface area (Å²) in [4.78, 5) is 14.2. The number of piperidine rings is 1. The molecule has 1 saturated heterocycles. The van der Waals surface area contributed by atoms with E-state index in [1.807, 2.05) is 36.2 Å². The highest BCUT2D eigenvalue weighted by atomic mass is 16.5. The molecule has 1 N–H and O–H groups in total. The number of aromatic nitrogens is 2. The van der Waals surface area contributed by atoms with Gasteiger partial charge in [0.05, 0.1) is 25.6 Å². The molecule has 1 aliphatic rings. The van der Waals surface area contributed by atoms with Crippen molar-refractivity contribution in [3.05, 3.63) is 36.7 Å². The van der Waals surface area contributed by atoms with Crippen LogP contribution in [-0.2, 0) is 7.05 Å². The minimum atomic E-state index is -0.0813. The second kappa shape index (κ2) is 7.92. The van der Waals surface area contributed by atoms with E-state index in [2.05, 4.69) is 10.4 Å². The summed E-state index contributed by atoms with van der Waals surface area (Å²) >= 11 is 0. The monoisotopic (exact) mass is 344 g/mol. The number of urea groups is 1. The predicted molar refractivity (Wildman–Crippen MR) is 95.0 cm³/mol. The summed E-state index contributed by atoms with van der Waals surface area (Å²) in [6, 6.07) is 7.47. The summed E-state index contributed by atoms with van der Waals surface area (Å²) in [5.74, 6) is 1.96. The zero-order chi connectivity index (χ0) is 17.6. The van der Waals surface area contributed by atoms with E-state index in [1.54, 1.807) is 24.2 Å². The maximum Gasteiger partial charge on any atom is 0.321 e. The standard InChI is InChI=1S/C18H24N4O3/c1-21-12-15(10-19-21)20-18(23)22-9-3-4-14(11-22)13-25-17-7-5-16(24-2)6-8-17/h5-8,10,12,14H,3-4,9,11,13H2,1-2H3,(H,20,23). The number of aryl methyl sites for hydroxylation is 1. The Morgan fingerprint density at radius 1 is 1.32 bits per heavy atom. The first-order chi connectivity index (χ1) is 12.1. The number of hydrogen-bond donors (Lipinski definition) is 1. The lowest BCUT2D eigenvalue weighted by Gasteiger charge is -2.32. The molecule has 0 bridgehead atoms. The van der Waals surface area contributed by atoms with Gasteiger partial charge in [-0.15, -0.1) is 0 Å². The smallest absolute Gasteiger partial charge is 0.321 e. The van der Waals surface area contributed by atoms with Crippen molar-refractivity contribution >= 4 is 11.7 Å². The number of benzene rings is 1. The first-order valence-electron chi connectivity index (χ1n) is 8.45. The predicted octanol–water partition coefficient (Wildman–Crippen LogP) is 2.75. The Kier molecular flexibility index (Phi) is 5.42. The molecule has 0 spiro atoms. The number of nitrogens with one attached hydrogen (secondary N) is 1. The van der Waals surface area contributed by atoms with Gasteiger partial charge in [0.1, 0.15) is 11.5 Å². The maximum absolute atomic E-state index is 12.4.